The lowest BCUT2D eigenvalue weighted by atomic mass is 10.2. The Morgan fingerprint density at radius 2 is 1.66 bits per heavy atom. The summed E-state index contributed by atoms with van der Waals surface area (Å²) in [6, 6.07) is 17.4. The molecule has 11 heteroatoms. The van der Waals surface area contributed by atoms with E-state index in [0.29, 0.717) is 22.1 Å². The maximum atomic E-state index is 13.6. The fourth-order valence-electron chi connectivity index (χ4n) is 3.09. The molecule has 3 rings (SSSR count). The number of nitrogens with one attached hydrogen (secondary N) is 1. The molecule has 9 nitrogen and oxygen atoms in total. The van der Waals surface area contributed by atoms with Crippen molar-refractivity contribution in [2.24, 2.45) is 5.10 Å². The summed E-state index contributed by atoms with van der Waals surface area (Å²) in [5, 5.41) is 4.35. The fraction of sp³-hybridized carbons (Fsp3) is 0.167. The lowest BCUT2D eigenvalue weighted by Crippen LogP contribution is -2.39. The molecule has 0 aliphatic carbocycles. The summed E-state index contributed by atoms with van der Waals surface area (Å²) in [5.74, 6) is 0.477. The number of sulfonamides is 1. The minimum Gasteiger partial charge on any atom is -0.497 e. The molecule has 0 fully saturated rings. The maximum Gasteiger partial charge on any atom is 0.264 e. The molecule has 0 aliphatic rings. The van der Waals surface area contributed by atoms with E-state index in [1.165, 1.54) is 57.9 Å². The number of nitrogens with zero attached hydrogens (tertiary/aromatic N) is 2. The fourth-order valence-corrected chi connectivity index (χ4v) is 4.71. The van der Waals surface area contributed by atoms with E-state index in [1.54, 1.807) is 36.4 Å². The summed E-state index contributed by atoms with van der Waals surface area (Å²) < 4.78 is 43.7. The molecule has 35 heavy (non-hydrogen) atoms. The van der Waals surface area contributed by atoms with E-state index >= 15 is 0 Å². The van der Waals surface area contributed by atoms with Gasteiger partial charge in [0.25, 0.3) is 15.9 Å². The van der Waals surface area contributed by atoms with Crippen molar-refractivity contribution in [2.45, 2.75) is 4.90 Å². The average Bonchev–Trinajstić information content (AvgIpc) is 2.88. The van der Waals surface area contributed by atoms with Crippen molar-refractivity contribution in [1.29, 1.82) is 0 Å². The van der Waals surface area contributed by atoms with Gasteiger partial charge in [-0.05, 0) is 42.5 Å². The van der Waals surface area contributed by atoms with Gasteiger partial charge in [-0.15, -0.1) is 0 Å². The van der Waals surface area contributed by atoms with Crippen LogP contribution < -0.4 is 23.9 Å². The number of carbonyl (C=O) groups is 1. The number of amides is 1. The van der Waals surface area contributed by atoms with Crippen molar-refractivity contribution in [3.05, 3.63) is 77.3 Å². The van der Waals surface area contributed by atoms with E-state index in [-0.39, 0.29) is 16.3 Å². The monoisotopic (exact) mass is 517 g/mol. The van der Waals surface area contributed by atoms with E-state index in [0.717, 1.165) is 4.31 Å². The van der Waals surface area contributed by atoms with Crippen LogP contribution in [0.4, 0.5) is 5.69 Å². The van der Waals surface area contributed by atoms with Crippen LogP contribution in [0.5, 0.6) is 17.2 Å². The lowest BCUT2D eigenvalue weighted by Gasteiger charge is -2.24. The van der Waals surface area contributed by atoms with E-state index in [9.17, 15) is 13.2 Å². The van der Waals surface area contributed by atoms with Crippen molar-refractivity contribution >= 4 is 39.4 Å². The highest BCUT2D eigenvalue weighted by Gasteiger charge is 2.28. The second kappa shape index (κ2) is 11.6. The highest BCUT2D eigenvalue weighted by atomic mass is 35.5. The number of hydrogen-bond acceptors (Lipinski definition) is 7. The molecule has 0 atom stereocenters. The van der Waals surface area contributed by atoms with Crippen LogP contribution in [-0.4, -0.2) is 48.4 Å². The SMILES string of the molecule is COc1ccc(N(CC(=O)NN=Cc2ccccc2Cl)S(=O)(=O)c2ccc(OC)c(OC)c2)cc1. The first-order chi connectivity index (χ1) is 16.8. The second-order valence-electron chi connectivity index (χ2n) is 7.04. The summed E-state index contributed by atoms with van der Waals surface area (Å²) in [5.41, 5.74) is 3.19. The van der Waals surface area contributed by atoms with E-state index in [1.807, 2.05) is 0 Å². The molecule has 0 aromatic heterocycles. The number of rotatable bonds is 10. The maximum absolute atomic E-state index is 13.6. The molecule has 0 heterocycles. The topological polar surface area (TPSA) is 107 Å². The molecule has 0 saturated carbocycles. The third kappa shape index (κ3) is 6.23. The van der Waals surface area contributed by atoms with Crippen LogP contribution in [0, 0.1) is 0 Å². The number of carbonyl (C=O) groups excluding carboxylic acids is 1. The number of benzene rings is 3. The molecule has 0 aliphatic heterocycles. The second-order valence-corrected chi connectivity index (χ2v) is 9.31. The van der Waals surface area contributed by atoms with Crippen LogP contribution in [0.1, 0.15) is 5.56 Å². The normalized spacial score (nSPS) is 11.2. The van der Waals surface area contributed by atoms with Crippen molar-refractivity contribution in [3.8, 4) is 17.2 Å². The predicted octanol–water partition coefficient (Wildman–Crippen LogP) is 3.71. The number of ether oxygens (including phenoxy) is 3. The predicted molar refractivity (Wildman–Crippen MR) is 134 cm³/mol. The Bertz CT molecular complexity index is 1310. The molecule has 1 amide bonds. The van der Waals surface area contributed by atoms with Gasteiger partial charge < -0.3 is 14.2 Å². The first kappa shape index (κ1) is 25.9. The van der Waals surface area contributed by atoms with Crippen molar-refractivity contribution in [2.75, 3.05) is 32.2 Å². The van der Waals surface area contributed by atoms with Crippen molar-refractivity contribution < 1.29 is 27.4 Å². The summed E-state index contributed by atoms with van der Waals surface area (Å²) in [4.78, 5) is 12.6. The Balaban J connectivity index is 1.91. The quantitative estimate of drug-likeness (QED) is 0.324. The third-order valence-electron chi connectivity index (χ3n) is 4.89. The molecule has 184 valence electrons. The lowest BCUT2D eigenvalue weighted by molar-refractivity contribution is -0.119. The van der Waals surface area contributed by atoms with Crippen LogP contribution >= 0.6 is 11.6 Å². The van der Waals surface area contributed by atoms with Gasteiger partial charge in [0.1, 0.15) is 12.3 Å². The minimum atomic E-state index is -4.19. The number of methoxy groups -OCH3 is 3. The third-order valence-corrected chi connectivity index (χ3v) is 7.00. The Hall–Kier alpha value is -3.76. The standard InChI is InChI=1S/C24H24ClN3O6S/c1-32-19-10-8-18(9-11-19)28(16-24(29)27-26-15-17-6-4-5-7-21(17)25)35(30,31)20-12-13-22(33-2)23(14-20)34-3/h4-15H,16H2,1-3H3,(H,27,29). The Morgan fingerprint density at radius 1 is 0.971 bits per heavy atom. The van der Waals surface area contributed by atoms with Crippen molar-refractivity contribution in [1.82, 2.24) is 5.43 Å². The molecule has 0 unspecified atom stereocenters. The Labute approximate surface area is 208 Å². The Kier molecular flexibility index (Phi) is 8.56. The largest absolute Gasteiger partial charge is 0.497 e. The molecule has 0 radical (unpaired) electrons. The zero-order valence-corrected chi connectivity index (χ0v) is 20.8. The van der Waals surface area contributed by atoms with Crippen LogP contribution in [0.2, 0.25) is 5.02 Å². The van der Waals surface area contributed by atoms with Gasteiger partial charge >= 0.3 is 0 Å². The Morgan fingerprint density at radius 3 is 2.29 bits per heavy atom. The average molecular weight is 518 g/mol. The van der Waals surface area contributed by atoms with Gasteiger partial charge in [0.2, 0.25) is 0 Å². The molecular formula is C24H24ClN3O6S. The molecule has 3 aromatic rings. The summed E-state index contributed by atoms with van der Waals surface area (Å²) in [6.07, 6.45) is 1.38. The highest BCUT2D eigenvalue weighted by Crippen LogP contribution is 2.32. The number of hydrazone groups is 1. The van der Waals surface area contributed by atoms with Gasteiger partial charge in [0.05, 0.1) is 38.1 Å². The molecule has 0 bridgehead atoms. The van der Waals surface area contributed by atoms with Gasteiger partial charge in [-0.3, -0.25) is 9.10 Å². The van der Waals surface area contributed by atoms with Gasteiger partial charge in [0, 0.05) is 16.7 Å². The van der Waals surface area contributed by atoms with E-state index < -0.39 is 22.5 Å². The zero-order valence-electron chi connectivity index (χ0n) is 19.3. The van der Waals surface area contributed by atoms with Gasteiger partial charge in [-0.2, -0.15) is 5.10 Å². The van der Waals surface area contributed by atoms with Crippen LogP contribution in [0.15, 0.2) is 76.7 Å². The van der Waals surface area contributed by atoms with Crippen molar-refractivity contribution in [3.63, 3.8) is 0 Å². The first-order valence-electron chi connectivity index (χ1n) is 10.3. The van der Waals surface area contributed by atoms with Gasteiger partial charge in [-0.1, -0.05) is 29.8 Å². The van der Waals surface area contributed by atoms with Gasteiger partial charge in [0.15, 0.2) is 11.5 Å². The summed E-state index contributed by atoms with van der Waals surface area (Å²) in [7, 11) is 0.161. The minimum absolute atomic E-state index is 0.0849. The summed E-state index contributed by atoms with van der Waals surface area (Å²) in [6.45, 7) is -0.539. The molecular weight excluding hydrogens is 494 g/mol. The molecule has 0 spiro atoms. The molecule has 0 saturated heterocycles. The van der Waals surface area contributed by atoms with Crippen LogP contribution in [-0.2, 0) is 14.8 Å². The van der Waals surface area contributed by atoms with Crippen LogP contribution in [0.3, 0.4) is 0 Å². The first-order valence-corrected chi connectivity index (χ1v) is 12.1. The highest BCUT2D eigenvalue weighted by molar-refractivity contribution is 7.92. The summed E-state index contributed by atoms with van der Waals surface area (Å²) >= 11 is 6.08. The molecule has 1 N–H and O–H groups in total. The van der Waals surface area contributed by atoms with E-state index in [4.69, 9.17) is 25.8 Å². The number of halogens is 1. The zero-order chi connectivity index (χ0) is 25.4. The van der Waals surface area contributed by atoms with Crippen LogP contribution in [0.25, 0.3) is 0 Å². The van der Waals surface area contributed by atoms with E-state index in [2.05, 4.69) is 10.5 Å². The molecule has 3 aromatic carbocycles. The number of anilines is 1. The smallest absolute Gasteiger partial charge is 0.264 e. The van der Waals surface area contributed by atoms with Gasteiger partial charge in [-0.25, -0.2) is 13.8 Å². The number of hydrogen-bond donors (Lipinski definition) is 1.